The zero-order chi connectivity index (χ0) is 20.8. The molecule has 30 heavy (non-hydrogen) atoms. The number of benzene rings is 2. The Morgan fingerprint density at radius 3 is 2.40 bits per heavy atom. The summed E-state index contributed by atoms with van der Waals surface area (Å²) < 4.78 is 3.06. The molecular formula is C24H21ClN2O2S. The predicted octanol–water partition coefficient (Wildman–Crippen LogP) is 5.10. The number of hydrogen-bond donors (Lipinski definition) is 0. The highest BCUT2D eigenvalue weighted by Crippen LogP contribution is 2.34. The molecule has 0 fully saturated rings. The molecule has 152 valence electrons. The summed E-state index contributed by atoms with van der Waals surface area (Å²) in [5.41, 5.74) is 3.35. The first-order chi connectivity index (χ1) is 14.5. The van der Waals surface area contributed by atoms with Gasteiger partial charge in [-0.2, -0.15) is 0 Å². The number of rotatable bonds is 3. The number of aromatic nitrogens is 2. The summed E-state index contributed by atoms with van der Waals surface area (Å²) in [6.07, 6.45) is 4.09. The molecule has 6 heteroatoms. The van der Waals surface area contributed by atoms with Gasteiger partial charge in [-0.3, -0.25) is 9.36 Å². The fourth-order valence-corrected chi connectivity index (χ4v) is 5.70. The predicted molar refractivity (Wildman–Crippen MR) is 124 cm³/mol. The number of thiophene rings is 1. The van der Waals surface area contributed by atoms with E-state index in [0.29, 0.717) is 22.6 Å². The van der Waals surface area contributed by atoms with Gasteiger partial charge in [0.2, 0.25) is 0 Å². The van der Waals surface area contributed by atoms with Crippen LogP contribution in [0.5, 0.6) is 0 Å². The van der Waals surface area contributed by atoms with Gasteiger partial charge in [-0.15, -0.1) is 11.3 Å². The minimum atomic E-state index is -0.311. The summed E-state index contributed by atoms with van der Waals surface area (Å²) in [6.45, 7) is 2.48. The molecule has 1 aliphatic rings. The normalized spacial score (nSPS) is 13.5. The van der Waals surface area contributed by atoms with Gasteiger partial charge in [-0.05, 0) is 68.0 Å². The van der Waals surface area contributed by atoms with Crippen LogP contribution in [0.2, 0.25) is 5.02 Å². The molecule has 0 saturated carbocycles. The van der Waals surface area contributed by atoms with Gasteiger partial charge in [-0.1, -0.05) is 41.4 Å². The Balaban J connectivity index is 1.81. The SMILES string of the molecule is Cc1ccc(Cn2c(=O)n(-c3ccc(Cl)cc3)c(=O)c3c4c(sc32)CCCC4)cc1. The molecule has 0 spiro atoms. The summed E-state index contributed by atoms with van der Waals surface area (Å²) >= 11 is 7.65. The Labute approximate surface area is 183 Å². The average Bonchev–Trinajstić information content (AvgIpc) is 3.13. The summed E-state index contributed by atoms with van der Waals surface area (Å²) in [7, 11) is 0. The van der Waals surface area contributed by atoms with E-state index in [1.165, 1.54) is 15.0 Å². The van der Waals surface area contributed by atoms with Gasteiger partial charge < -0.3 is 0 Å². The standard InChI is InChI=1S/C24H21ClN2O2S/c1-15-6-8-16(9-7-15)14-26-23-21(19-4-2-3-5-20(19)30-23)22(28)27(24(26)29)18-12-10-17(25)11-13-18/h6-13H,2-5,14H2,1H3. The first-order valence-corrected chi connectivity index (χ1v) is 11.3. The number of aryl methyl sites for hydroxylation is 3. The van der Waals surface area contributed by atoms with Gasteiger partial charge in [0.25, 0.3) is 5.56 Å². The van der Waals surface area contributed by atoms with E-state index in [4.69, 9.17) is 11.6 Å². The van der Waals surface area contributed by atoms with Gasteiger partial charge in [0.15, 0.2) is 0 Å². The van der Waals surface area contributed by atoms with E-state index >= 15 is 0 Å². The van der Waals surface area contributed by atoms with Gasteiger partial charge in [-0.25, -0.2) is 9.36 Å². The van der Waals surface area contributed by atoms with Crippen LogP contribution in [0.1, 0.15) is 34.4 Å². The third kappa shape index (κ3) is 3.22. The Kier molecular flexibility index (Phi) is 4.88. The largest absolute Gasteiger partial charge is 0.337 e. The maximum atomic E-state index is 13.6. The van der Waals surface area contributed by atoms with Crippen molar-refractivity contribution in [1.29, 1.82) is 0 Å². The zero-order valence-corrected chi connectivity index (χ0v) is 18.2. The molecule has 0 amide bonds. The van der Waals surface area contributed by atoms with Crippen LogP contribution in [0.15, 0.2) is 58.1 Å². The second-order valence-electron chi connectivity index (χ2n) is 7.86. The summed E-state index contributed by atoms with van der Waals surface area (Å²) in [5.74, 6) is 0. The monoisotopic (exact) mass is 436 g/mol. The molecule has 0 atom stereocenters. The fraction of sp³-hybridized carbons (Fsp3) is 0.250. The van der Waals surface area contributed by atoms with Crippen molar-refractivity contribution in [2.24, 2.45) is 0 Å². The van der Waals surface area contributed by atoms with Gasteiger partial charge >= 0.3 is 5.69 Å². The molecule has 0 radical (unpaired) electrons. The topological polar surface area (TPSA) is 44.0 Å². The quantitative estimate of drug-likeness (QED) is 0.448. The lowest BCUT2D eigenvalue weighted by Gasteiger charge is -2.14. The van der Waals surface area contributed by atoms with Crippen molar-refractivity contribution in [3.63, 3.8) is 0 Å². The molecule has 0 saturated heterocycles. The number of fused-ring (bicyclic) bond motifs is 3. The average molecular weight is 437 g/mol. The van der Waals surface area contributed by atoms with Crippen LogP contribution in [-0.2, 0) is 19.4 Å². The number of halogens is 1. The van der Waals surface area contributed by atoms with Crippen LogP contribution in [0, 0.1) is 6.92 Å². The van der Waals surface area contributed by atoms with Crippen molar-refractivity contribution in [3.8, 4) is 5.69 Å². The smallest absolute Gasteiger partial charge is 0.280 e. The van der Waals surface area contributed by atoms with Crippen molar-refractivity contribution in [3.05, 3.63) is 96.0 Å². The van der Waals surface area contributed by atoms with Gasteiger partial charge in [0.1, 0.15) is 4.83 Å². The summed E-state index contributed by atoms with van der Waals surface area (Å²) in [6, 6.07) is 15.1. The molecule has 1 aliphatic carbocycles. The third-order valence-corrected chi connectivity index (χ3v) is 7.35. The Bertz CT molecular complexity index is 1360. The van der Waals surface area contributed by atoms with Crippen molar-refractivity contribution in [1.82, 2.24) is 9.13 Å². The minimum absolute atomic E-state index is 0.225. The van der Waals surface area contributed by atoms with Crippen LogP contribution in [0.25, 0.3) is 15.9 Å². The van der Waals surface area contributed by atoms with Crippen LogP contribution in [-0.4, -0.2) is 9.13 Å². The van der Waals surface area contributed by atoms with E-state index in [1.54, 1.807) is 40.2 Å². The lowest BCUT2D eigenvalue weighted by Crippen LogP contribution is -2.39. The van der Waals surface area contributed by atoms with Crippen molar-refractivity contribution in [2.75, 3.05) is 0 Å². The maximum absolute atomic E-state index is 13.6. The van der Waals surface area contributed by atoms with Gasteiger partial charge in [0.05, 0.1) is 17.6 Å². The maximum Gasteiger partial charge on any atom is 0.337 e. The van der Waals surface area contributed by atoms with E-state index in [1.807, 2.05) is 31.2 Å². The van der Waals surface area contributed by atoms with E-state index in [-0.39, 0.29) is 11.2 Å². The van der Waals surface area contributed by atoms with E-state index in [2.05, 4.69) is 0 Å². The molecule has 5 rings (SSSR count). The second-order valence-corrected chi connectivity index (χ2v) is 9.38. The first kappa shape index (κ1) is 19.3. The molecule has 2 aromatic heterocycles. The first-order valence-electron chi connectivity index (χ1n) is 10.1. The molecular weight excluding hydrogens is 416 g/mol. The molecule has 0 aliphatic heterocycles. The summed E-state index contributed by atoms with van der Waals surface area (Å²) in [4.78, 5) is 29.2. The summed E-state index contributed by atoms with van der Waals surface area (Å²) in [5, 5.41) is 1.28. The molecule has 2 aromatic carbocycles. The highest BCUT2D eigenvalue weighted by molar-refractivity contribution is 7.18. The van der Waals surface area contributed by atoms with E-state index < -0.39 is 0 Å². The van der Waals surface area contributed by atoms with E-state index in [0.717, 1.165) is 41.6 Å². The lowest BCUT2D eigenvalue weighted by molar-refractivity contribution is 0.696. The van der Waals surface area contributed by atoms with Crippen LogP contribution < -0.4 is 11.2 Å². The van der Waals surface area contributed by atoms with Crippen molar-refractivity contribution < 1.29 is 0 Å². The fourth-order valence-electron chi connectivity index (χ4n) is 4.20. The minimum Gasteiger partial charge on any atom is -0.280 e. The lowest BCUT2D eigenvalue weighted by atomic mass is 9.97. The molecule has 4 nitrogen and oxygen atoms in total. The van der Waals surface area contributed by atoms with Crippen LogP contribution in [0.3, 0.4) is 0 Å². The number of nitrogens with zero attached hydrogens (tertiary/aromatic N) is 2. The molecule has 2 heterocycles. The highest BCUT2D eigenvalue weighted by atomic mass is 35.5. The van der Waals surface area contributed by atoms with Gasteiger partial charge in [0, 0.05) is 9.90 Å². The molecule has 4 aromatic rings. The third-order valence-electron chi connectivity index (χ3n) is 5.78. The Hall–Kier alpha value is -2.63. The van der Waals surface area contributed by atoms with Crippen molar-refractivity contribution in [2.45, 2.75) is 39.2 Å². The second kappa shape index (κ2) is 7.56. The molecule has 0 bridgehead atoms. The zero-order valence-electron chi connectivity index (χ0n) is 16.7. The van der Waals surface area contributed by atoms with E-state index in [9.17, 15) is 9.59 Å². The highest BCUT2D eigenvalue weighted by Gasteiger charge is 2.24. The van der Waals surface area contributed by atoms with Crippen LogP contribution >= 0.6 is 22.9 Å². The Morgan fingerprint density at radius 1 is 0.967 bits per heavy atom. The molecule has 0 N–H and O–H groups in total. The Morgan fingerprint density at radius 2 is 1.67 bits per heavy atom. The number of hydrogen-bond acceptors (Lipinski definition) is 3. The van der Waals surface area contributed by atoms with Crippen molar-refractivity contribution >= 4 is 33.2 Å². The molecule has 0 unspecified atom stereocenters. The van der Waals surface area contributed by atoms with Crippen LogP contribution in [0.4, 0.5) is 0 Å².